The Labute approximate surface area is 277 Å². The van der Waals surface area contributed by atoms with Gasteiger partial charge in [0.15, 0.2) is 0 Å². The molecule has 11 rings (SSSR count). The molecule has 3 aromatic heterocycles. The van der Waals surface area contributed by atoms with E-state index in [2.05, 4.69) is 179 Å². The monoisotopic (exact) mass is 613 g/mol. The van der Waals surface area contributed by atoms with Crippen LogP contribution in [-0.4, -0.2) is 8.80 Å². The highest BCUT2D eigenvalue weighted by atomic mass is 15.1. The quantitative estimate of drug-likeness (QED) is 0.181. The summed E-state index contributed by atoms with van der Waals surface area (Å²) in [6.07, 6.45) is 0. The minimum atomic E-state index is -0.0830. The molecule has 1 aliphatic rings. The van der Waals surface area contributed by atoms with Crippen LogP contribution in [0.3, 0.4) is 0 Å². The third kappa shape index (κ3) is 3.18. The van der Waals surface area contributed by atoms with E-state index in [0.717, 1.165) is 17.1 Å². The number of nitrogens with zero attached hydrogens (tertiary/aromatic N) is 3. The van der Waals surface area contributed by atoms with Gasteiger partial charge in [0, 0.05) is 44.0 Å². The van der Waals surface area contributed by atoms with Crippen molar-refractivity contribution in [1.29, 1.82) is 0 Å². The van der Waals surface area contributed by atoms with Gasteiger partial charge in [-0.1, -0.05) is 111 Å². The van der Waals surface area contributed by atoms with E-state index in [9.17, 15) is 0 Å². The minimum Gasteiger partial charge on any atom is -0.310 e. The van der Waals surface area contributed by atoms with Crippen molar-refractivity contribution in [2.45, 2.75) is 19.3 Å². The minimum absolute atomic E-state index is 0.0830. The van der Waals surface area contributed by atoms with Crippen LogP contribution in [0.5, 0.6) is 0 Å². The molecule has 0 amide bonds. The van der Waals surface area contributed by atoms with Gasteiger partial charge in [-0.05, 0) is 76.9 Å². The van der Waals surface area contributed by atoms with Crippen molar-refractivity contribution in [1.82, 2.24) is 8.80 Å². The van der Waals surface area contributed by atoms with E-state index in [4.69, 9.17) is 0 Å². The molecule has 226 valence electrons. The van der Waals surface area contributed by atoms with E-state index in [0.29, 0.717) is 0 Å². The van der Waals surface area contributed by atoms with Crippen LogP contribution in [0.1, 0.15) is 25.0 Å². The van der Waals surface area contributed by atoms with Gasteiger partial charge >= 0.3 is 0 Å². The Bertz CT molecular complexity index is 2920. The summed E-state index contributed by atoms with van der Waals surface area (Å²) in [6, 6.07) is 56.1. The number of fused-ring (bicyclic) bond motifs is 12. The van der Waals surface area contributed by atoms with Crippen LogP contribution in [0.15, 0.2) is 152 Å². The van der Waals surface area contributed by atoms with Crippen molar-refractivity contribution >= 4 is 71.7 Å². The van der Waals surface area contributed by atoms with Gasteiger partial charge in [-0.25, -0.2) is 0 Å². The van der Waals surface area contributed by atoms with Gasteiger partial charge in [0.05, 0.1) is 33.1 Å². The van der Waals surface area contributed by atoms with Gasteiger partial charge in [-0.3, -0.25) is 0 Å². The van der Waals surface area contributed by atoms with Crippen LogP contribution >= 0.6 is 0 Å². The fourth-order valence-corrected chi connectivity index (χ4v) is 8.88. The van der Waals surface area contributed by atoms with E-state index in [-0.39, 0.29) is 5.41 Å². The highest BCUT2D eigenvalue weighted by Crippen LogP contribution is 2.51. The van der Waals surface area contributed by atoms with Crippen LogP contribution in [-0.2, 0) is 5.41 Å². The molecule has 0 fully saturated rings. The van der Waals surface area contributed by atoms with Gasteiger partial charge in [0.25, 0.3) is 0 Å². The first-order valence-electron chi connectivity index (χ1n) is 16.8. The van der Waals surface area contributed by atoms with E-state index in [1.807, 2.05) is 0 Å². The summed E-state index contributed by atoms with van der Waals surface area (Å²) in [5.74, 6) is 0. The smallest absolute Gasteiger partial charge is 0.0789 e. The zero-order valence-electron chi connectivity index (χ0n) is 26.8. The summed E-state index contributed by atoms with van der Waals surface area (Å²) in [5, 5.41) is 5.16. The zero-order chi connectivity index (χ0) is 31.7. The van der Waals surface area contributed by atoms with Gasteiger partial charge in [-0.2, -0.15) is 0 Å². The maximum absolute atomic E-state index is 2.51. The molecule has 3 heterocycles. The van der Waals surface area contributed by atoms with Crippen molar-refractivity contribution < 1.29 is 0 Å². The van der Waals surface area contributed by atoms with Crippen LogP contribution in [0, 0.1) is 0 Å². The lowest BCUT2D eigenvalue weighted by Gasteiger charge is -2.28. The predicted octanol–water partition coefficient (Wildman–Crippen LogP) is 12.0. The van der Waals surface area contributed by atoms with Gasteiger partial charge in [0.1, 0.15) is 0 Å². The summed E-state index contributed by atoms with van der Waals surface area (Å²) in [4.78, 5) is 2.42. The molecular formula is C45H31N3. The molecule has 3 nitrogen and oxygen atoms in total. The molecule has 0 unspecified atom stereocenters. The van der Waals surface area contributed by atoms with Crippen LogP contribution in [0.2, 0.25) is 0 Å². The number of anilines is 3. The molecule has 10 aromatic rings. The number of hydrogen-bond acceptors (Lipinski definition) is 1. The van der Waals surface area contributed by atoms with E-state index < -0.39 is 0 Å². The first-order valence-corrected chi connectivity index (χ1v) is 16.8. The molecular weight excluding hydrogens is 583 g/mol. The second kappa shape index (κ2) is 9.05. The molecule has 3 heteroatoms. The van der Waals surface area contributed by atoms with Crippen molar-refractivity contribution in [3.05, 3.63) is 163 Å². The van der Waals surface area contributed by atoms with Crippen molar-refractivity contribution in [2.24, 2.45) is 0 Å². The molecule has 0 bridgehead atoms. The third-order valence-electron chi connectivity index (χ3n) is 11.0. The predicted molar refractivity (Wildman–Crippen MR) is 202 cm³/mol. The number of hydrogen-bond donors (Lipinski definition) is 0. The second-order valence-corrected chi connectivity index (χ2v) is 13.8. The van der Waals surface area contributed by atoms with Crippen LogP contribution in [0.4, 0.5) is 17.1 Å². The Morgan fingerprint density at radius 1 is 0.396 bits per heavy atom. The molecule has 0 atom stereocenters. The summed E-state index contributed by atoms with van der Waals surface area (Å²) in [5.41, 5.74) is 16.2. The van der Waals surface area contributed by atoms with Crippen molar-refractivity contribution in [2.75, 3.05) is 4.90 Å². The molecule has 0 N–H and O–H groups in total. The Morgan fingerprint density at radius 2 is 0.958 bits per heavy atom. The average Bonchev–Trinajstić information content (AvgIpc) is 3.73. The summed E-state index contributed by atoms with van der Waals surface area (Å²) in [6.45, 7) is 4.71. The molecule has 0 radical (unpaired) electrons. The van der Waals surface area contributed by atoms with Crippen LogP contribution < -0.4 is 4.90 Å². The summed E-state index contributed by atoms with van der Waals surface area (Å²) < 4.78 is 5.00. The van der Waals surface area contributed by atoms with Gasteiger partial charge < -0.3 is 13.7 Å². The maximum atomic E-state index is 2.51. The lowest BCUT2D eigenvalue weighted by atomic mass is 9.82. The highest BCUT2D eigenvalue weighted by Gasteiger charge is 2.35. The second-order valence-electron chi connectivity index (χ2n) is 13.8. The number of aromatic nitrogens is 2. The number of benzene rings is 7. The zero-order valence-corrected chi connectivity index (χ0v) is 26.8. The molecule has 0 saturated heterocycles. The first kappa shape index (κ1) is 26.1. The van der Waals surface area contributed by atoms with Gasteiger partial charge in [0.2, 0.25) is 0 Å². The molecule has 7 aromatic carbocycles. The lowest BCUT2D eigenvalue weighted by Crippen LogP contribution is -2.16. The first-order chi connectivity index (χ1) is 23.6. The largest absolute Gasteiger partial charge is 0.310 e. The van der Waals surface area contributed by atoms with Crippen LogP contribution in [0.25, 0.3) is 65.8 Å². The Balaban J connectivity index is 1.24. The van der Waals surface area contributed by atoms with E-state index in [1.165, 1.54) is 76.9 Å². The lowest BCUT2D eigenvalue weighted by molar-refractivity contribution is 0.660. The van der Waals surface area contributed by atoms with Gasteiger partial charge in [-0.15, -0.1) is 0 Å². The molecule has 0 saturated carbocycles. The Kier molecular flexibility index (Phi) is 4.91. The molecule has 48 heavy (non-hydrogen) atoms. The Morgan fingerprint density at radius 3 is 1.69 bits per heavy atom. The SMILES string of the molecule is CC1(C)c2ccccc2-c2ccc(N(c3ccccc3)c3ccc4c(c3)n3c5ccccc5c5ccc6c7ccccc7n4c6c53)cc21. The molecule has 1 aliphatic carbocycles. The summed E-state index contributed by atoms with van der Waals surface area (Å²) in [7, 11) is 0. The Hall–Kier alpha value is -6.06. The summed E-state index contributed by atoms with van der Waals surface area (Å²) >= 11 is 0. The molecule has 0 spiro atoms. The maximum Gasteiger partial charge on any atom is 0.0789 e. The highest BCUT2D eigenvalue weighted by molar-refractivity contribution is 6.25. The normalized spacial score (nSPS) is 13.8. The van der Waals surface area contributed by atoms with Crippen molar-refractivity contribution in [3.8, 4) is 11.1 Å². The fraction of sp³-hybridized carbons (Fsp3) is 0.0667. The number of para-hydroxylation sites is 3. The van der Waals surface area contributed by atoms with Crippen molar-refractivity contribution in [3.63, 3.8) is 0 Å². The standard InChI is InChI=1S/C45H31N3/c1-45(2)37-17-9-6-14-31(37)32-22-20-29(26-38(32)45)46(28-12-4-3-5-13-28)30-21-25-41-42(27-30)48-40-19-11-8-16-34(40)36-24-23-35-33-15-7-10-18-39(33)47(41)43(35)44(36)48/h3-27H,1-2H3. The third-order valence-corrected chi connectivity index (χ3v) is 11.0. The number of rotatable bonds is 3. The molecule has 0 aliphatic heterocycles. The fourth-order valence-electron chi connectivity index (χ4n) is 8.88. The topological polar surface area (TPSA) is 12.1 Å². The van der Waals surface area contributed by atoms with E-state index in [1.54, 1.807) is 0 Å². The average molecular weight is 614 g/mol. The van der Waals surface area contributed by atoms with E-state index >= 15 is 0 Å².